The predicted molar refractivity (Wildman–Crippen MR) is 60.3 cm³/mol. The van der Waals surface area contributed by atoms with E-state index in [0.717, 1.165) is 32.1 Å². The van der Waals surface area contributed by atoms with Gasteiger partial charge in [-0.25, -0.2) is 0 Å². The van der Waals surface area contributed by atoms with E-state index in [-0.39, 0.29) is 17.9 Å². The highest BCUT2D eigenvalue weighted by atomic mass is 16.2. The van der Waals surface area contributed by atoms with Crippen molar-refractivity contribution >= 4 is 5.91 Å². The summed E-state index contributed by atoms with van der Waals surface area (Å²) in [7, 11) is 0. The molecule has 0 aromatic carbocycles. The summed E-state index contributed by atoms with van der Waals surface area (Å²) in [6.07, 6.45) is 9.22. The summed E-state index contributed by atoms with van der Waals surface area (Å²) in [6, 6.07) is 0.555. The van der Waals surface area contributed by atoms with Gasteiger partial charge in [-0.1, -0.05) is 25.7 Å². The van der Waals surface area contributed by atoms with Crippen LogP contribution in [0.2, 0.25) is 0 Å². The van der Waals surface area contributed by atoms with Gasteiger partial charge in [-0.3, -0.25) is 4.79 Å². The smallest absolute Gasteiger partial charge is 0.224 e. The zero-order valence-electron chi connectivity index (χ0n) is 9.37. The van der Waals surface area contributed by atoms with E-state index < -0.39 is 0 Å². The molecule has 1 amide bonds. The molecule has 2 aliphatic rings. The Hall–Kier alpha value is -0.570. The molecule has 0 heterocycles. The molecule has 0 aromatic rings. The SMILES string of the molecule is NC1CCCCCCC1C(=O)NC1CC1. The zero-order chi connectivity index (χ0) is 10.7. The van der Waals surface area contributed by atoms with Crippen molar-refractivity contribution in [1.82, 2.24) is 5.32 Å². The Labute approximate surface area is 91.8 Å². The molecule has 0 radical (unpaired) electrons. The third kappa shape index (κ3) is 3.20. The first-order chi connectivity index (χ1) is 7.27. The summed E-state index contributed by atoms with van der Waals surface area (Å²) in [5.41, 5.74) is 6.08. The number of amides is 1. The van der Waals surface area contributed by atoms with Crippen molar-refractivity contribution in [2.75, 3.05) is 0 Å². The van der Waals surface area contributed by atoms with Crippen LogP contribution >= 0.6 is 0 Å². The Morgan fingerprint density at radius 1 is 1.00 bits per heavy atom. The minimum Gasteiger partial charge on any atom is -0.353 e. The molecule has 2 fully saturated rings. The van der Waals surface area contributed by atoms with Crippen LogP contribution in [-0.4, -0.2) is 18.0 Å². The lowest BCUT2D eigenvalue weighted by atomic mass is 9.86. The van der Waals surface area contributed by atoms with Gasteiger partial charge in [-0.2, -0.15) is 0 Å². The summed E-state index contributed by atoms with van der Waals surface area (Å²) >= 11 is 0. The van der Waals surface area contributed by atoms with Gasteiger partial charge in [0.25, 0.3) is 0 Å². The largest absolute Gasteiger partial charge is 0.353 e. The molecule has 2 atom stereocenters. The van der Waals surface area contributed by atoms with Gasteiger partial charge in [0.2, 0.25) is 5.91 Å². The van der Waals surface area contributed by atoms with Crippen LogP contribution in [0.25, 0.3) is 0 Å². The Bertz CT molecular complexity index is 226. The zero-order valence-corrected chi connectivity index (χ0v) is 9.37. The fourth-order valence-corrected chi connectivity index (χ4v) is 2.37. The lowest BCUT2D eigenvalue weighted by Gasteiger charge is -2.25. The molecule has 0 aliphatic heterocycles. The number of hydrogen-bond donors (Lipinski definition) is 2. The van der Waals surface area contributed by atoms with Crippen molar-refractivity contribution in [2.24, 2.45) is 11.7 Å². The van der Waals surface area contributed by atoms with Gasteiger partial charge in [-0.15, -0.1) is 0 Å². The van der Waals surface area contributed by atoms with Gasteiger partial charge < -0.3 is 11.1 Å². The molecule has 2 aliphatic carbocycles. The van der Waals surface area contributed by atoms with Crippen molar-refractivity contribution in [3.63, 3.8) is 0 Å². The topological polar surface area (TPSA) is 55.1 Å². The van der Waals surface area contributed by atoms with Crippen LogP contribution < -0.4 is 11.1 Å². The van der Waals surface area contributed by atoms with Crippen LogP contribution in [-0.2, 0) is 4.79 Å². The Balaban J connectivity index is 1.86. The molecular weight excluding hydrogens is 188 g/mol. The molecule has 2 saturated carbocycles. The Morgan fingerprint density at radius 3 is 2.33 bits per heavy atom. The van der Waals surface area contributed by atoms with Crippen molar-refractivity contribution in [2.45, 2.75) is 63.5 Å². The molecule has 0 bridgehead atoms. The number of carbonyl (C=O) groups excluding carboxylic acids is 1. The number of nitrogens with two attached hydrogens (primary N) is 1. The highest BCUT2D eigenvalue weighted by molar-refractivity contribution is 5.80. The minimum atomic E-state index is 0.0749. The van der Waals surface area contributed by atoms with Gasteiger partial charge in [0.15, 0.2) is 0 Å². The summed E-state index contributed by atoms with van der Waals surface area (Å²) < 4.78 is 0. The van der Waals surface area contributed by atoms with Crippen LogP contribution in [0.5, 0.6) is 0 Å². The number of hydrogen-bond acceptors (Lipinski definition) is 2. The first-order valence-electron chi connectivity index (χ1n) is 6.33. The lowest BCUT2D eigenvalue weighted by molar-refractivity contribution is -0.126. The summed E-state index contributed by atoms with van der Waals surface area (Å²) in [6.45, 7) is 0. The average Bonchev–Trinajstić information content (AvgIpc) is 2.95. The number of rotatable bonds is 2. The first-order valence-corrected chi connectivity index (χ1v) is 6.33. The molecule has 3 N–H and O–H groups in total. The predicted octanol–water partition coefficient (Wildman–Crippen LogP) is 1.56. The van der Waals surface area contributed by atoms with E-state index in [4.69, 9.17) is 5.73 Å². The van der Waals surface area contributed by atoms with Crippen LogP contribution in [0.4, 0.5) is 0 Å². The maximum absolute atomic E-state index is 11.9. The van der Waals surface area contributed by atoms with Gasteiger partial charge in [0.1, 0.15) is 0 Å². The van der Waals surface area contributed by atoms with Crippen molar-refractivity contribution < 1.29 is 4.79 Å². The minimum absolute atomic E-state index is 0.0749. The van der Waals surface area contributed by atoms with Crippen LogP contribution in [0.15, 0.2) is 0 Å². The molecule has 0 aromatic heterocycles. The van der Waals surface area contributed by atoms with E-state index in [1.54, 1.807) is 0 Å². The van der Waals surface area contributed by atoms with E-state index in [1.807, 2.05) is 0 Å². The molecule has 15 heavy (non-hydrogen) atoms. The molecule has 3 nitrogen and oxygen atoms in total. The molecule has 86 valence electrons. The monoisotopic (exact) mass is 210 g/mol. The van der Waals surface area contributed by atoms with E-state index in [9.17, 15) is 4.79 Å². The standard InChI is InChI=1S/C12H22N2O/c13-11-6-4-2-1-3-5-10(11)12(15)14-9-7-8-9/h9-11H,1-8,13H2,(H,14,15). The number of nitrogens with one attached hydrogen (secondary N) is 1. The second kappa shape index (κ2) is 4.97. The third-order valence-electron chi connectivity index (χ3n) is 3.58. The van der Waals surface area contributed by atoms with Gasteiger partial charge in [-0.05, 0) is 25.7 Å². The highest BCUT2D eigenvalue weighted by Gasteiger charge is 2.30. The highest BCUT2D eigenvalue weighted by Crippen LogP contribution is 2.24. The second-order valence-corrected chi connectivity index (χ2v) is 5.04. The van der Waals surface area contributed by atoms with Gasteiger partial charge in [0.05, 0.1) is 5.92 Å². The molecule has 0 saturated heterocycles. The Kier molecular flexibility index (Phi) is 3.62. The molecule has 2 rings (SSSR count). The van der Waals surface area contributed by atoms with Crippen LogP contribution in [0.1, 0.15) is 51.4 Å². The summed E-state index contributed by atoms with van der Waals surface area (Å²) in [4.78, 5) is 11.9. The lowest BCUT2D eigenvalue weighted by Crippen LogP contribution is -2.43. The maximum Gasteiger partial charge on any atom is 0.224 e. The summed E-state index contributed by atoms with van der Waals surface area (Å²) in [5, 5.41) is 3.08. The van der Waals surface area contributed by atoms with Crippen molar-refractivity contribution in [3.05, 3.63) is 0 Å². The second-order valence-electron chi connectivity index (χ2n) is 5.04. The van der Waals surface area contributed by atoms with E-state index in [0.29, 0.717) is 6.04 Å². The maximum atomic E-state index is 11.9. The quantitative estimate of drug-likeness (QED) is 0.726. The van der Waals surface area contributed by atoms with Gasteiger partial charge in [0, 0.05) is 12.1 Å². The fraction of sp³-hybridized carbons (Fsp3) is 0.917. The van der Waals surface area contributed by atoms with E-state index >= 15 is 0 Å². The first kappa shape index (κ1) is 10.9. The van der Waals surface area contributed by atoms with E-state index in [1.165, 1.54) is 19.3 Å². The fourth-order valence-electron chi connectivity index (χ4n) is 2.37. The summed E-state index contributed by atoms with van der Waals surface area (Å²) in [5.74, 6) is 0.290. The normalized spacial score (nSPS) is 32.9. The van der Waals surface area contributed by atoms with Crippen LogP contribution in [0.3, 0.4) is 0 Å². The van der Waals surface area contributed by atoms with Gasteiger partial charge >= 0.3 is 0 Å². The molecule has 2 unspecified atom stereocenters. The molecular formula is C12H22N2O. The Morgan fingerprint density at radius 2 is 1.67 bits per heavy atom. The third-order valence-corrected chi connectivity index (χ3v) is 3.58. The average molecular weight is 210 g/mol. The molecule has 3 heteroatoms. The van der Waals surface area contributed by atoms with Crippen molar-refractivity contribution in [3.8, 4) is 0 Å². The molecule has 0 spiro atoms. The van der Waals surface area contributed by atoms with Crippen LogP contribution in [0, 0.1) is 5.92 Å². The van der Waals surface area contributed by atoms with E-state index in [2.05, 4.69) is 5.32 Å². The van der Waals surface area contributed by atoms with Crippen molar-refractivity contribution in [1.29, 1.82) is 0 Å². The number of carbonyl (C=O) groups is 1.